The lowest BCUT2D eigenvalue weighted by Crippen LogP contribution is -2.51. The number of fused-ring (bicyclic) bond motifs is 1. The van der Waals surface area contributed by atoms with Crippen molar-refractivity contribution in [2.75, 3.05) is 31.2 Å². The second kappa shape index (κ2) is 6.48. The fourth-order valence-corrected chi connectivity index (χ4v) is 3.66. The van der Waals surface area contributed by atoms with Crippen molar-refractivity contribution in [2.24, 2.45) is 0 Å². The molecule has 7 heteroatoms. The number of aryl methyl sites for hydroxylation is 1. The van der Waals surface area contributed by atoms with Gasteiger partial charge in [0.15, 0.2) is 0 Å². The molecule has 2 aliphatic heterocycles. The number of nitrogens with zero attached hydrogens (tertiary/aromatic N) is 4. The number of para-hydroxylation sites is 1. The Labute approximate surface area is 146 Å². The minimum absolute atomic E-state index is 0.0702. The summed E-state index contributed by atoms with van der Waals surface area (Å²) in [6.45, 7) is 6.02. The van der Waals surface area contributed by atoms with Gasteiger partial charge in [-0.3, -0.25) is 4.79 Å². The standard InChI is InChI=1S/C18H22N4O3/c1-12(21-8-7-14-5-3-4-6-15(14)21)18(23)22-9-10-24-11-16(22)17-20-19-13(2)25-17/h3-6,12,16H,7-11H2,1-2H3/t12-,16+/m1/s1. The Hall–Kier alpha value is -2.41. The summed E-state index contributed by atoms with van der Waals surface area (Å²) < 4.78 is 11.1. The number of morpholine rings is 1. The molecular formula is C18H22N4O3. The van der Waals surface area contributed by atoms with Crippen molar-refractivity contribution in [3.63, 3.8) is 0 Å². The van der Waals surface area contributed by atoms with Crippen LogP contribution in [-0.2, 0) is 16.0 Å². The molecule has 0 unspecified atom stereocenters. The van der Waals surface area contributed by atoms with Crippen LogP contribution in [0.4, 0.5) is 5.69 Å². The Kier molecular flexibility index (Phi) is 4.17. The zero-order valence-electron chi connectivity index (χ0n) is 14.5. The number of anilines is 1. The summed E-state index contributed by atoms with van der Waals surface area (Å²) in [5, 5.41) is 7.98. The van der Waals surface area contributed by atoms with E-state index < -0.39 is 0 Å². The molecule has 0 N–H and O–H groups in total. The zero-order valence-corrected chi connectivity index (χ0v) is 14.5. The van der Waals surface area contributed by atoms with Crippen molar-refractivity contribution >= 4 is 11.6 Å². The van der Waals surface area contributed by atoms with E-state index in [-0.39, 0.29) is 18.0 Å². The highest BCUT2D eigenvalue weighted by Crippen LogP contribution is 2.31. The molecule has 25 heavy (non-hydrogen) atoms. The van der Waals surface area contributed by atoms with Gasteiger partial charge >= 0.3 is 0 Å². The van der Waals surface area contributed by atoms with Crippen molar-refractivity contribution in [3.05, 3.63) is 41.6 Å². The van der Waals surface area contributed by atoms with Crippen LogP contribution in [0.15, 0.2) is 28.7 Å². The molecule has 1 amide bonds. The molecule has 1 aromatic carbocycles. The minimum Gasteiger partial charge on any atom is -0.423 e. The Morgan fingerprint density at radius 3 is 2.92 bits per heavy atom. The molecule has 3 heterocycles. The fraction of sp³-hybridized carbons (Fsp3) is 0.500. The van der Waals surface area contributed by atoms with Crippen LogP contribution >= 0.6 is 0 Å². The van der Waals surface area contributed by atoms with Gasteiger partial charge in [-0.05, 0) is 25.0 Å². The number of amides is 1. The summed E-state index contributed by atoms with van der Waals surface area (Å²) in [6.07, 6.45) is 0.975. The van der Waals surface area contributed by atoms with Gasteiger partial charge in [0, 0.05) is 25.7 Å². The van der Waals surface area contributed by atoms with E-state index in [4.69, 9.17) is 9.15 Å². The number of rotatable bonds is 3. The molecule has 132 valence electrons. The summed E-state index contributed by atoms with van der Waals surface area (Å²) in [6, 6.07) is 7.73. The molecule has 0 aliphatic carbocycles. The van der Waals surface area contributed by atoms with Crippen LogP contribution in [0, 0.1) is 6.92 Å². The number of ether oxygens (including phenoxy) is 1. The molecule has 1 aromatic heterocycles. The fourth-order valence-electron chi connectivity index (χ4n) is 3.66. The Bertz CT molecular complexity index is 775. The number of carbonyl (C=O) groups is 1. The summed E-state index contributed by atoms with van der Waals surface area (Å²) >= 11 is 0. The molecule has 2 aromatic rings. The van der Waals surface area contributed by atoms with E-state index in [0.717, 1.165) is 18.7 Å². The third-order valence-corrected chi connectivity index (χ3v) is 4.99. The van der Waals surface area contributed by atoms with E-state index in [9.17, 15) is 4.79 Å². The molecule has 4 rings (SSSR count). The summed E-state index contributed by atoms with van der Waals surface area (Å²) in [5.41, 5.74) is 2.45. The molecule has 1 fully saturated rings. The Morgan fingerprint density at radius 1 is 1.28 bits per heavy atom. The second-order valence-electron chi connectivity index (χ2n) is 6.53. The van der Waals surface area contributed by atoms with Gasteiger partial charge < -0.3 is 19.0 Å². The number of carbonyl (C=O) groups excluding carboxylic acids is 1. The first kappa shape index (κ1) is 16.1. The van der Waals surface area contributed by atoms with Crippen LogP contribution in [0.1, 0.15) is 30.3 Å². The quantitative estimate of drug-likeness (QED) is 0.846. The van der Waals surface area contributed by atoms with Gasteiger partial charge in [-0.25, -0.2) is 0 Å². The largest absolute Gasteiger partial charge is 0.423 e. The van der Waals surface area contributed by atoms with Crippen LogP contribution in [-0.4, -0.2) is 53.3 Å². The van der Waals surface area contributed by atoms with E-state index in [1.54, 1.807) is 6.92 Å². The van der Waals surface area contributed by atoms with Crippen LogP contribution < -0.4 is 4.90 Å². The van der Waals surface area contributed by atoms with E-state index in [1.807, 2.05) is 24.0 Å². The van der Waals surface area contributed by atoms with Crippen LogP contribution in [0.2, 0.25) is 0 Å². The number of hydrogen-bond acceptors (Lipinski definition) is 6. The van der Waals surface area contributed by atoms with Gasteiger partial charge in [0.2, 0.25) is 17.7 Å². The molecule has 0 bridgehead atoms. The van der Waals surface area contributed by atoms with Crippen LogP contribution in [0.3, 0.4) is 0 Å². The summed E-state index contributed by atoms with van der Waals surface area (Å²) in [4.78, 5) is 17.2. The first-order chi connectivity index (χ1) is 12.1. The van der Waals surface area contributed by atoms with Gasteiger partial charge in [-0.2, -0.15) is 0 Å². The third kappa shape index (κ3) is 2.89. The predicted octanol–water partition coefficient (Wildman–Crippen LogP) is 1.73. The number of hydrogen-bond donors (Lipinski definition) is 0. The lowest BCUT2D eigenvalue weighted by Gasteiger charge is -2.37. The summed E-state index contributed by atoms with van der Waals surface area (Å²) in [7, 11) is 0. The maximum atomic E-state index is 13.2. The van der Waals surface area contributed by atoms with Crippen molar-refractivity contribution < 1.29 is 13.9 Å². The monoisotopic (exact) mass is 342 g/mol. The average molecular weight is 342 g/mol. The number of benzene rings is 1. The first-order valence-corrected chi connectivity index (χ1v) is 8.68. The number of aromatic nitrogens is 2. The molecule has 1 saturated heterocycles. The molecule has 0 radical (unpaired) electrons. The van der Waals surface area contributed by atoms with E-state index >= 15 is 0 Å². The molecule has 0 saturated carbocycles. The maximum Gasteiger partial charge on any atom is 0.245 e. The van der Waals surface area contributed by atoms with Crippen molar-refractivity contribution in [1.29, 1.82) is 0 Å². The lowest BCUT2D eigenvalue weighted by molar-refractivity contribution is -0.142. The van der Waals surface area contributed by atoms with Crippen LogP contribution in [0.5, 0.6) is 0 Å². The van der Waals surface area contributed by atoms with Gasteiger partial charge in [0.1, 0.15) is 12.1 Å². The Balaban J connectivity index is 1.56. The molecular weight excluding hydrogens is 320 g/mol. The lowest BCUT2D eigenvalue weighted by atomic mass is 10.1. The van der Waals surface area contributed by atoms with E-state index in [0.29, 0.717) is 31.5 Å². The van der Waals surface area contributed by atoms with Gasteiger partial charge in [0.25, 0.3) is 0 Å². The third-order valence-electron chi connectivity index (χ3n) is 4.99. The van der Waals surface area contributed by atoms with E-state index in [2.05, 4.69) is 27.2 Å². The second-order valence-corrected chi connectivity index (χ2v) is 6.53. The zero-order chi connectivity index (χ0) is 17.4. The maximum absolute atomic E-state index is 13.2. The highest BCUT2D eigenvalue weighted by atomic mass is 16.5. The normalized spacial score (nSPS) is 21.3. The predicted molar refractivity (Wildman–Crippen MR) is 91.3 cm³/mol. The van der Waals surface area contributed by atoms with Gasteiger partial charge in [0.05, 0.1) is 13.2 Å². The molecule has 7 nitrogen and oxygen atoms in total. The first-order valence-electron chi connectivity index (χ1n) is 8.68. The molecule has 2 aliphatic rings. The molecule has 0 spiro atoms. The minimum atomic E-state index is -0.317. The van der Waals surface area contributed by atoms with Crippen molar-refractivity contribution in [2.45, 2.75) is 32.4 Å². The topological polar surface area (TPSA) is 71.7 Å². The van der Waals surface area contributed by atoms with Crippen molar-refractivity contribution in [1.82, 2.24) is 15.1 Å². The highest BCUT2D eigenvalue weighted by molar-refractivity contribution is 5.86. The van der Waals surface area contributed by atoms with Gasteiger partial charge in [-0.15, -0.1) is 10.2 Å². The van der Waals surface area contributed by atoms with Crippen LogP contribution in [0.25, 0.3) is 0 Å². The smallest absolute Gasteiger partial charge is 0.245 e. The highest BCUT2D eigenvalue weighted by Gasteiger charge is 2.37. The SMILES string of the molecule is Cc1nnc([C@@H]2COCCN2C(=O)[C@@H](C)N2CCc3ccccc32)o1. The molecule has 2 atom stereocenters. The van der Waals surface area contributed by atoms with Crippen molar-refractivity contribution in [3.8, 4) is 0 Å². The van der Waals surface area contributed by atoms with Gasteiger partial charge in [-0.1, -0.05) is 18.2 Å². The summed E-state index contributed by atoms with van der Waals surface area (Å²) in [5.74, 6) is 1.01. The Morgan fingerprint density at radius 2 is 2.12 bits per heavy atom. The van der Waals surface area contributed by atoms with E-state index in [1.165, 1.54) is 5.56 Å². The average Bonchev–Trinajstić information content (AvgIpc) is 3.27.